The zero-order chi connectivity index (χ0) is 15.0. The smallest absolute Gasteiger partial charge is 0.332 e. The summed E-state index contributed by atoms with van der Waals surface area (Å²) in [5.41, 5.74) is 2.10. The maximum Gasteiger partial charge on any atom is 0.332 e. The number of nitrogens with zero attached hydrogens (tertiary/aromatic N) is 1. The van der Waals surface area contributed by atoms with Gasteiger partial charge in [0.1, 0.15) is 5.71 Å². The molecule has 0 spiro atoms. The average Bonchev–Trinajstić information content (AvgIpc) is 2.40. The highest BCUT2D eigenvalue weighted by atomic mass is 16.7. The Bertz CT molecular complexity index is 547. The van der Waals surface area contributed by atoms with Crippen LogP contribution in [0, 0.1) is 6.92 Å². The molecule has 0 fully saturated rings. The van der Waals surface area contributed by atoms with Crippen LogP contribution in [0.25, 0.3) is 0 Å². The first kappa shape index (κ1) is 15.6. The van der Waals surface area contributed by atoms with E-state index in [2.05, 4.69) is 9.99 Å². The van der Waals surface area contributed by atoms with Crippen molar-refractivity contribution in [1.29, 1.82) is 0 Å². The fourth-order valence-corrected chi connectivity index (χ4v) is 1.48. The second kappa shape index (κ2) is 7.89. The molecule has 0 saturated carbocycles. The van der Waals surface area contributed by atoms with Gasteiger partial charge in [0.15, 0.2) is 0 Å². The number of carbonyl (C=O) groups is 2. The van der Waals surface area contributed by atoms with E-state index >= 15 is 0 Å². The van der Waals surface area contributed by atoms with Crippen LogP contribution in [0.5, 0.6) is 0 Å². The van der Waals surface area contributed by atoms with Crippen LogP contribution in [0.1, 0.15) is 25.0 Å². The van der Waals surface area contributed by atoms with E-state index in [1.54, 1.807) is 6.92 Å². The van der Waals surface area contributed by atoms with Gasteiger partial charge in [0.05, 0.1) is 6.61 Å². The summed E-state index contributed by atoms with van der Waals surface area (Å²) in [6, 6.07) is 7.45. The minimum absolute atomic E-state index is 0.296. The van der Waals surface area contributed by atoms with Crippen molar-refractivity contribution in [3.8, 4) is 0 Å². The predicted octanol–water partition coefficient (Wildman–Crippen LogP) is 2.38. The van der Waals surface area contributed by atoms with Crippen LogP contribution in [0.15, 0.2) is 41.6 Å². The molecule has 0 atom stereocenters. The van der Waals surface area contributed by atoms with Crippen molar-refractivity contribution in [2.75, 3.05) is 6.61 Å². The molecule has 0 aliphatic heterocycles. The van der Waals surface area contributed by atoms with Gasteiger partial charge in [0.2, 0.25) is 0 Å². The monoisotopic (exact) mass is 275 g/mol. The van der Waals surface area contributed by atoms with E-state index in [0.717, 1.165) is 11.1 Å². The molecule has 5 nitrogen and oxygen atoms in total. The SMILES string of the molecule is CCOC(=O)C=CC(=NOC(C)=O)c1ccccc1C. The molecule has 0 N–H and O–H groups in total. The minimum Gasteiger partial charge on any atom is -0.463 e. The molecule has 0 amide bonds. The number of carbonyl (C=O) groups excluding carboxylic acids is 2. The minimum atomic E-state index is -0.527. The van der Waals surface area contributed by atoms with Gasteiger partial charge in [0, 0.05) is 18.6 Å². The van der Waals surface area contributed by atoms with Gasteiger partial charge in [-0.25, -0.2) is 9.59 Å². The van der Waals surface area contributed by atoms with Gasteiger partial charge in [-0.2, -0.15) is 0 Å². The lowest BCUT2D eigenvalue weighted by molar-refractivity contribution is -0.141. The third-order valence-electron chi connectivity index (χ3n) is 2.36. The molecule has 0 heterocycles. The van der Waals surface area contributed by atoms with Gasteiger partial charge in [-0.3, -0.25) is 0 Å². The molecule has 0 saturated heterocycles. The van der Waals surface area contributed by atoms with Crippen LogP contribution in [0.3, 0.4) is 0 Å². The number of benzene rings is 1. The molecule has 5 heteroatoms. The van der Waals surface area contributed by atoms with Gasteiger partial charge in [0.25, 0.3) is 0 Å². The Morgan fingerprint density at radius 3 is 2.55 bits per heavy atom. The highest BCUT2D eigenvalue weighted by Crippen LogP contribution is 2.10. The summed E-state index contributed by atoms with van der Waals surface area (Å²) in [5.74, 6) is -1.00. The molecule has 0 aliphatic carbocycles. The van der Waals surface area contributed by atoms with Crippen molar-refractivity contribution in [1.82, 2.24) is 0 Å². The number of hydrogen-bond acceptors (Lipinski definition) is 5. The van der Waals surface area contributed by atoms with E-state index in [9.17, 15) is 9.59 Å². The summed E-state index contributed by atoms with van der Waals surface area (Å²) in [4.78, 5) is 26.8. The van der Waals surface area contributed by atoms with Gasteiger partial charge in [-0.15, -0.1) is 0 Å². The predicted molar refractivity (Wildman–Crippen MR) is 75.3 cm³/mol. The maximum atomic E-state index is 11.3. The first-order valence-corrected chi connectivity index (χ1v) is 6.21. The maximum absolute atomic E-state index is 11.3. The number of allylic oxidation sites excluding steroid dienone is 1. The van der Waals surface area contributed by atoms with Crippen molar-refractivity contribution in [2.24, 2.45) is 5.16 Å². The average molecular weight is 275 g/mol. The van der Waals surface area contributed by atoms with E-state index in [4.69, 9.17) is 4.74 Å². The van der Waals surface area contributed by atoms with Gasteiger partial charge >= 0.3 is 11.9 Å². The molecule has 0 aliphatic rings. The topological polar surface area (TPSA) is 65.0 Å². The van der Waals surface area contributed by atoms with Gasteiger partial charge in [-0.05, 0) is 25.5 Å². The largest absolute Gasteiger partial charge is 0.463 e. The summed E-state index contributed by atoms with van der Waals surface area (Å²) in [6.45, 7) is 5.18. The second-order valence-corrected chi connectivity index (χ2v) is 3.96. The zero-order valence-electron chi connectivity index (χ0n) is 11.8. The van der Waals surface area contributed by atoms with Crippen molar-refractivity contribution >= 4 is 17.7 Å². The Balaban J connectivity index is 3.04. The fraction of sp³-hybridized carbons (Fsp3) is 0.267. The molecule has 106 valence electrons. The normalized spacial score (nSPS) is 11.4. The number of esters is 1. The summed E-state index contributed by atoms with van der Waals surface area (Å²) in [7, 11) is 0. The molecule has 0 radical (unpaired) electrons. The molecule has 0 aromatic heterocycles. The first-order chi connectivity index (χ1) is 9.54. The van der Waals surface area contributed by atoms with E-state index in [1.807, 2.05) is 31.2 Å². The third kappa shape index (κ3) is 5.06. The van der Waals surface area contributed by atoms with Crippen LogP contribution in [0.2, 0.25) is 0 Å². The van der Waals surface area contributed by atoms with E-state index in [1.165, 1.54) is 19.1 Å². The van der Waals surface area contributed by atoms with Crippen molar-refractivity contribution in [3.05, 3.63) is 47.5 Å². The summed E-state index contributed by atoms with van der Waals surface area (Å²) < 4.78 is 4.80. The summed E-state index contributed by atoms with van der Waals surface area (Å²) in [6.07, 6.45) is 2.71. The first-order valence-electron chi connectivity index (χ1n) is 6.21. The van der Waals surface area contributed by atoms with Gasteiger partial charge < -0.3 is 9.57 Å². The lowest BCUT2D eigenvalue weighted by atomic mass is 10.0. The molecule has 0 bridgehead atoms. The molecule has 20 heavy (non-hydrogen) atoms. The summed E-state index contributed by atoms with van der Waals surface area (Å²) >= 11 is 0. The standard InChI is InChI=1S/C15H17NO4/c1-4-19-15(18)10-9-14(16-20-12(3)17)13-8-6-5-7-11(13)2/h5-10H,4H2,1-3H3. The second-order valence-electron chi connectivity index (χ2n) is 3.96. The highest BCUT2D eigenvalue weighted by Gasteiger charge is 2.06. The van der Waals surface area contributed by atoms with Crippen molar-refractivity contribution in [3.63, 3.8) is 0 Å². The third-order valence-corrected chi connectivity index (χ3v) is 2.36. The number of rotatable bonds is 5. The zero-order valence-corrected chi connectivity index (χ0v) is 11.8. The quantitative estimate of drug-likeness (QED) is 0.272. The number of oxime groups is 1. The summed E-state index contributed by atoms with van der Waals surface area (Å²) in [5, 5.41) is 3.76. The Hall–Kier alpha value is -2.43. The molecular weight excluding hydrogens is 258 g/mol. The Morgan fingerprint density at radius 1 is 1.25 bits per heavy atom. The highest BCUT2D eigenvalue weighted by molar-refractivity contribution is 6.11. The van der Waals surface area contributed by atoms with Crippen LogP contribution >= 0.6 is 0 Å². The Morgan fingerprint density at radius 2 is 1.95 bits per heavy atom. The molecule has 1 rings (SSSR count). The number of aryl methyl sites for hydroxylation is 1. The lowest BCUT2D eigenvalue weighted by Gasteiger charge is -2.05. The van der Waals surface area contributed by atoms with Gasteiger partial charge in [-0.1, -0.05) is 29.4 Å². The van der Waals surface area contributed by atoms with Crippen LogP contribution in [0.4, 0.5) is 0 Å². The number of ether oxygens (including phenoxy) is 1. The molecule has 1 aromatic carbocycles. The van der Waals surface area contributed by atoms with Crippen LogP contribution in [-0.2, 0) is 19.2 Å². The van der Waals surface area contributed by atoms with E-state index in [0.29, 0.717) is 12.3 Å². The lowest BCUT2D eigenvalue weighted by Crippen LogP contribution is -2.05. The Labute approximate surface area is 117 Å². The van der Waals surface area contributed by atoms with Crippen molar-refractivity contribution in [2.45, 2.75) is 20.8 Å². The fourth-order valence-electron chi connectivity index (χ4n) is 1.48. The number of hydrogen-bond donors (Lipinski definition) is 0. The van der Waals surface area contributed by atoms with Crippen LogP contribution < -0.4 is 0 Å². The molecular formula is C15H17NO4. The van der Waals surface area contributed by atoms with E-state index in [-0.39, 0.29) is 0 Å². The van der Waals surface area contributed by atoms with Crippen LogP contribution in [-0.4, -0.2) is 24.3 Å². The van der Waals surface area contributed by atoms with Crippen molar-refractivity contribution < 1.29 is 19.2 Å². The molecule has 1 aromatic rings. The van der Waals surface area contributed by atoms with E-state index < -0.39 is 11.9 Å². The molecule has 0 unspecified atom stereocenters. The Kier molecular flexibility index (Phi) is 6.16.